The average Bonchev–Trinajstić information content (AvgIpc) is 3.02. The highest BCUT2D eigenvalue weighted by atomic mass is 32.2. The van der Waals surface area contributed by atoms with Crippen molar-refractivity contribution in [1.82, 2.24) is 15.3 Å². The maximum atomic E-state index is 11.7. The van der Waals surface area contributed by atoms with Crippen molar-refractivity contribution in [3.8, 4) is 22.9 Å². The van der Waals surface area contributed by atoms with Gasteiger partial charge in [-0.3, -0.25) is 0 Å². The van der Waals surface area contributed by atoms with E-state index in [2.05, 4.69) is 15.3 Å². The molecule has 3 heterocycles. The van der Waals surface area contributed by atoms with Crippen molar-refractivity contribution in [2.24, 2.45) is 5.92 Å². The molecule has 0 saturated carbocycles. The monoisotopic (exact) mass is 345 g/mol. The number of fused-ring (bicyclic) bond motifs is 1. The summed E-state index contributed by atoms with van der Waals surface area (Å²) in [5, 5.41) is 3.34. The van der Waals surface area contributed by atoms with E-state index in [4.69, 9.17) is 9.47 Å². The lowest BCUT2D eigenvalue weighted by Gasteiger charge is -2.21. The van der Waals surface area contributed by atoms with E-state index in [1.165, 1.54) is 0 Å². The fourth-order valence-electron chi connectivity index (χ4n) is 2.95. The fraction of sp³-hybridized carbons (Fsp3) is 0.412. The number of nitrogens with one attached hydrogen (secondary N) is 1. The molecule has 0 unspecified atom stereocenters. The van der Waals surface area contributed by atoms with Gasteiger partial charge in [-0.2, -0.15) is 0 Å². The Morgan fingerprint density at radius 2 is 2.00 bits per heavy atom. The second kappa shape index (κ2) is 6.96. The molecule has 0 bridgehead atoms. The summed E-state index contributed by atoms with van der Waals surface area (Å²) in [4.78, 5) is 9.35. The first-order valence-corrected chi connectivity index (χ1v) is 9.42. The maximum Gasteiger partial charge on any atom is 0.316 e. The highest BCUT2D eigenvalue weighted by Crippen LogP contribution is 2.35. The van der Waals surface area contributed by atoms with Crippen molar-refractivity contribution in [1.29, 1.82) is 0 Å². The Kier molecular flexibility index (Phi) is 4.55. The number of hydrogen-bond donors (Lipinski definition) is 1. The maximum absolute atomic E-state index is 11.7. The molecule has 2 aliphatic heterocycles. The quantitative estimate of drug-likeness (QED) is 0.854. The van der Waals surface area contributed by atoms with Gasteiger partial charge >= 0.3 is 6.01 Å². The molecule has 0 radical (unpaired) electrons. The Bertz CT molecular complexity index is 705. The molecule has 0 amide bonds. The average molecular weight is 345 g/mol. The van der Waals surface area contributed by atoms with E-state index in [0.717, 1.165) is 42.0 Å². The first-order valence-electron chi connectivity index (χ1n) is 8.11. The lowest BCUT2D eigenvalue weighted by atomic mass is 9.99. The highest BCUT2D eigenvalue weighted by molar-refractivity contribution is 7.91. The van der Waals surface area contributed by atoms with Crippen LogP contribution in [0.3, 0.4) is 0 Å². The SMILES string of the molecule is [O-][S@@+]1COc2cc(-c3cnc(OCC4CCNCC4)nc3)ccc21. The van der Waals surface area contributed by atoms with Gasteiger partial charge in [0.05, 0.1) is 6.61 Å². The molecule has 7 heteroatoms. The van der Waals surface area contributed by atoms with Crippen LogP contribution in [0.5, 0.6) is 11.8 Å². The van der Waals surface area contributed by atoms with E-state index < -0.39 is 11.2 Å². The Balaban J connectivity index is 1.42. The summed E-state index contributed by atoms with van der Waals surface area (Å²) < 4.78 is 22.8. The van der Waals surface area contributed by atoms with Gasteiger partial charge in [0.15, 0.2) is 10.6 Å². The summed E-state index contributed by atoms with van der Waals surface area (Å²) >= 11 is -1.05. The molecule has 4 rings (SSSR count). The zero-order valence-corrected chi connectivity index (χ0v) is 14.1. The molecule has 1 aromatic heterocycles. The van der Waals surface area contributed by atoms with Gasteiger partial charge < -0.3 is 19.3 Å². The molecular weight excluding hydrogens is 326 g/mol. The predicted octanol–water partition coefficient (Wildman–Crippen LogP) is 1.98. The van der Waals surface area contributed by atoms with Crippen LogP contribution in [0, 0.1) is 5.92 Å². The van der Waals surface area contributed by atoms with E-state index in [1.807, 2.05) is 18.2 Å². The fourth-order valence-corrected chi connectivity index (χ4v) is 3.87. The summed E-state index contributed by atoms with van der Waals surface area (Å²) in [7, 11) is 0. The molecule has 24 heavy (non-hydrogen) atoms. The van der Waals surface area contributed by atoms with Gasteiger partial charge in [0, 0.05) is 29.1 Å². The summed E-state index contributed by atoms with van der Waals surface area (Å²) in [6, 6.07) is 6.06. The Morgan fingerprint density at radius 3 is 2.79 bits per heavy atom. The summed E-state index contributed by atoms with van der Waals surface area (Å²) in [5.74, 6) is 1.49. The number of ether oxygens (including phenoxy) is 2. The van der Waals surface area contributed by atoms with Gasteiger partial charge in [-0.05, 0) is 55.6 Å². The van der Waals surface area contributed by atoms with Crippen LogP contribution >= 0.6 is 0 Å². The van der Waals surface area contributed by atoms with Crippen molar-refractivity contribution in [2.45, 2.75) is 17.7 Å². The molecule has 0 aliphatic carbocycles. The number of hydrogen-bond acceptors (Lipinski definition) is 6. The number of aromatic nitrogens is 2. The lowest BCUT2D eigenvalue weighted by molar-refractivity contribution is 0.202. The summed E-state index contributed by atoms with van der Waals surface area (Å²) in [5.41, 5.74) is 1.82. The Morgan fingerprint density at radius 1 is 1.21 bits per heavy atom. The Labute approximate surface area is 143 Å². The minimum absolute atomic E-state index is 0.235. The van der Waals surface area contributed by atoms with Crippen molar-refractivity contribution in [3.63, 3.8) is 0 Å². The van der Waals surface area contributed by atoms with Gasteiger partial charge in [-0.25, -0.2) is 9.97 Å². The van der Waals surface area contributed by atoms with Crippen LogP contribution in [0.1, 0.15) is 12.8 Å². The number of nitrogens with zero attached hydrogens (tertiary/aromatic N) is 2. The molecule has 1 saturated heterocycles. The van der Waals surface area contributed by atoms with Crippen LogP contribution in [0.4, 0.5) is 0 Å². The van der Waals surface area contributed by atoms with Crippen molar-refractivity contribution in [2.75, 3.05) is 25.6 Å². The first kappa shape index (κ1) is 15.7. The van der Waals surface area contributed by atoms with Crippen LogP contribution in [-0.2, 0) is 11.2 Å². The van der Waals surface area contributed by atoms with E-state index in [1.54, 1.807) is 12.4 Å². The van der Waals surface area contributed by atoms with E-state index in [-0.39, 0.29) is 5.94 Å². The molecule has 1 atom stereocenters. The molecule has 1 N–H and O–H groups in total. The minimum Gasteiger partial charge on any atom is -0.609 e. The summed E-state index contributed by atoms with van der Waals surface area (Å²) in [6.45, 7) is 2.78. The number of rotatable bonds is 4. The third-order valence-corrected chi connectivity index (χ3v) is 5.54. The third kappa shape index (κ3) is 3.33. The second-order valence-corrected chi connectivity index (χ2v) is 7.39. The third-order valence-electron chi connectivity index (χ3n) is 4.38. The van der Waals surface area contributed by atoms with E-state index in [9.17, 15) is 4.55 Å². The van der Waals surface area contributed by atoms with Gasteiger partial charge in [-0.1, -0.05) is 0 Å². The number of benzene rings is 1. The Hall–Kier alpha value is -1.83. The first-order chi connectivity index (χ1) is 11.8. The normalized spacial score (nSPS) is 20.5. The van der Waals surface area contributed by atoms with Crippen LogP contribution in [0.15, 0.2) is 35.5 Å². The molecule has 0 spiro atoms. The van der Waals surface area contributed by atoms with Crippen LogP contribution in [-0.4, -0.2) is 40.2 Å². The zero-order chi connectivity index (χ0) is 16.4. The summed E-state index contributed by atoms with van der Waals surface area (Å²) in [6.07, 6.45) is 5.76. The van der Waals surface area contributed by atoms with Gasteiger partial charge in [-0.15, -0.1) is 0 Å². The molecule has 1 aromatic carbocycles. The van der Waals surface area contributed by atoms with Crippen molar-refractivity contribution >= 4 is 11.2 Å². The van der Waals surface area contributed by atoms with Crippen LogP contribution in [0.25, 0.3) is 11.1 Å². The lowest BCUT2D eigenvalue weighted by Crippen LogP contribution is -2.30. The molecule has 1 fully saturated rings. The van der Waals surface area contributed by atoms with Crippen LogP contribution in [0.2, 0.25) is 0 Å². The number of piperidine rings is 1. The highest BCUT2D eigenvalue weighted by Gasteiger charge is 2.26. The van der Waals surface area contributed by atoms with Crippen LogP contribution < -0.4 is 14.8 Å². The minimum atomic E-state index is -1.05. The molecule has 6 nitrogen and oxygen atoms in total. The standard InChI is InChI=1S/C17H19N3O3S/c21-24-11-23-15-7-13(1-2-16(15)24)14-8-19-17(20-9-14)22-10-12-3-5-18-6-4-12/h1-2,7-9,12,18H,3-6,10-11H2/t24-/m0/s1. The molecule has 2 aliphatic rings. The zero-order valence-electron chi connectivity index (χ0n) is 13.2. The molecular formula is C17H19N3O3S. The molecule has 2 aromatic rings. The van der Waals surface area contributed by atoms with Gasteiger partial charge in [0.2, 0.25) is 0 Å². The largest absolute Gasteiger partial charge is 0.609 e. The second-order valence-electron chi connectivity index (χ2n) is 6.03. The van der Waals surface area contributed by atoms with Crippen molar-refractivity contribution < 1.29 is 14.0 Å². The van der Waals surface area contributed by atoms with Gasteiger partial charge in [0.25, 0.3) is 5.94 Å². The predicted molar refractivity (Wildman–Crippen MR) is 90.5 cm³/mol. The van der Waals surface area contributed by atoms with Crippen molar-refractivity contribution in [3.05, 3.63) is 30.6 Å². The molecule has 126 valence electrons. The van der Waals surface area contributed by atoms with Gasteiger partial charge in [0.1, 0.15) is 0 Å². The smallest absolute Gasteiger partial charge is 0.316 e. The topological polar surface area (TPSA) is 79.3 Å². The van der Waals surface area contributed by atoms with E-state index in [0.29, 0.717) is 24.3 Å². The van der Waals surface area contributed by atoms with E-state index >= 15 is 0 Å².